The second-order valence-corrected chi connectivity index (χ2v) is 7.11. The van der Waals surface area contributed by atoms with Gasteiger partial charge < -0.3 is 5.32 Å². The molecule has 3 heteroatoms. The first-order valence-corrected chi connectivity index (χ1v) is 9.17. The molecule has 2 nitrogen and oxygen atoms in total. The number of nitrogens with zero attached hydrogens (tertiary/aromatic N) is 1. The molecule has 1 spiro atoms. The molecule has 18 heavy (non-hydrogen) atoms. The topological polar surface area (TPSA) is 15.3 Å². The summed E-state index contributed by atoms with van der Waals surface area (Å²) in [5.41, 5.74) is 0.473. The highest BCUT2D eigenvalue weighted by atomic mass is 32.2. The minimum Gasteiger partial charge on any atom is -0.308 e. The highest BCUT2D eigenvalue weighted by Crippen LogP contribution is 2.32. The van der Waals surface area contributed by atoms with Crippen molar-refractivity contribution in [3.8, 4) is 0 Å². The fourth-order valence-corrected chi connectivity index (χ4v) is 4.11. The van der Waals surface area contributed by atoms with Gasteiger partial charge in [-0.3, -0.25) is 4.90 Å². The van der Waals surface area contributed by atoms with Crippen LogP contribution in [-0.2, 0) is 0 Å². The fraction of sp³-hybridized carbons (Fsp3) is 1.00. The Labute approximate surface area is 117 Å². The average Bonchev–Trinajstić information content (AvgIpc) is 2.40. The summed E-state index contributed by atoms with van der Waals surface area (Å²) in [5.74, 6) is 1.29. The van der Waals surface area contributed by atoms with Gasteiger partial charge in [0.2, 0.25) is 0 Å². The molecule has 0 bridgehead atoms. The van der Waals surface area contributed by atoms with Gasteiger partial charge in [-0.2, -0.15) is 11.8 Å². The van der Waals surface area contributed by atoms with Gasteiger partial charge in [-0.1, -0.05) is 32.6 Å². The van der Waals surface area contributed by atoms with Gasteiger partial charge in [0, 0.05) is 37.0 Å². The molecule has 2 aliphatic rings. The lowest BCUT2D eigenvalue weighted by molar-refractivity contribution is 0.0567. The van der Waals surface area contributed by atoms with Crippen LogP contribution in [0.1, 0.15) is 51.9 Å². The van der Waals surface area contributed by atoms with E-state index < -0.39 is 0 Å². The molecular weight excluding hydrogens is 240 g/mol. The highest BCUT2D eigenvalue weighted by Gasteiger charge is 2.39. The van der Waals surface area contributed by atoms with Crippen LogP contribution in [0.4, 0.5) is 0 Å². The lowest BCUT2D eigenvalue weighted by atomic mass is 9.79. The van der Waals surface area contributed by atoms with Crippen molar-refractivity contribution in [2.75, 3.05) is 31.6 Å². The van der Waals surface area contributed by atoms with Crippen LogP contribution < -0.4 is 5.32 Å². The van der Waals surface area contributed by atoms with E-state index in [0.717, 1.165) is 6.04 Å². The molecule has 0 aromatic heterocycles. The van der Waals surface area contributed by atoms with Crippen molar-refractivity contribution in [3.05, 3.63) is 0 Å². The Morgan fingerprint density at radius 1 is 1.28 bits per heavy atom. The Bertz CT molecular complexity index is 239. The number of hydrogen-bond acceptors (Lipinski definition) is 3. The van der Waals surface area contributed by atoms with Crippen LogP contribution in [0.3, 0.4) is 0 Å². The van der Waals surface area contributed by atoms with Crippen molar-refractivity contribution in [2.45, 2.75) is 63.5 Å². The van der Waals surface area contributed by atoms with Crippen LogP contribution in [0.25, 0.3) is 0 Å². The summed E-state index contributed by atoms with van der Waals surface area (Å²) in [6.45, 7) is 6.13. The first-order valence-electron chi connectivity index (χ1n) is 7.78. The Morgan fingerprint density at radius 3 is 2.72 bits per heavy atom. The molecule has 1 aliphatic carbocycles. The summed E-state index contributed by atoms with van der Waals surface area (Å²) < 4.78 is 0. The van der Waals surface area contributed by atoms with Gasteiger partial charge in [0.1, 0.15) is 0 Å². The number of nitrogens with one attached hydrogen (secondary N) is 1. The van der Waals surface area contributed by atoms with Crippen LogP contribution >= 0.6 is 11.8 Å². The number of thioether (sulfide) groups is 1. The number of rotatable bonds is 5. The van der Waals surface area contributed by atoms with Crippen LogP contribution in [0.15, 0.2) is 0 Å². The van der Waals surface area contributed by atoms with E-state index in [1.807, 2.05) is 11.8 Å². The summed E-state index contributed by atoms with van der Waals surface area (Å²) in [7, 11) is 0. The van der Waals surface area contributed by atoms with Crippen LogP contribution in [0, 0.1) is 0 Å². The van der Waals surface area contributed by atoms with Gasteiger partial charge in [-0.15, -0.1) is 0 Å². The first kappa shape index (κ1) is 14.7. The van der Waals surface area contributed by atoms with E-state index >= 15 is 0 Å². The first-order chi connectivity index (χ1) is 8.79. The normalized spacial score (nSPS) is 28.7. The molecule has 1 atom stereocenters. The third kappa shape index (κ3) is 3.64. The molecular formula is C15H30N2S. The molecule has 0 amide bonds. The zero-order valence-corrected chi connectivity index (χ0v) is 13.0. The molecule has 2 fully saturated rings. The summed E-state index contributed by atoms with van der Waals surface area (Å²) in [5, 5.41) is 3.93. The standard InChI is InChI=1S/C15H30N2S/c1-3-7-14-12-16-15(8-5-4-6-9-15)13-17(14)10-11-18-2/h14,16H,3-13H2,1-2H3. The molecule has 0 radical (unpaired) electrons. The third-order valence-corrected chi connectivity index (χ3v) is 5.34. The number of hydrogen-bond donors (Lipinski definition) is 1. The van der Waals surface area contributed by atoms with Crippen molar-refractivity contribution >= 4 is 11.8 Å². The van der Waals surface area contributed by atoms with E-state index in [4.69, 9.17) is 0 Å². The lowest BCUT2D eigenvalue weighted by Crippen LogP contribution is -2.65. The van der Waals surface area contributed by atoms with E-state index in [1.54, 1.807) is 0 Å². The Hall–Kier alpha value is 0.270. The Morgan fingerprint density at radius 2 is 2.06 bits per heavy atom. The molecule has 1 saturated carbocycles. The van der Waals surface area contributed by atoms with Gasteiger partial charge in [0.15, 0.2) is 0 Å². The predicted molar refractivity (Wildman–Crippen MR) is 82.5 cm³/mol. The molecule has 1 N–H and O–H groups in total. The molecule has 2 rings (SSSR count). The van der Waals surface area contributed by atoms with E-state index in [2.05, 4.69) is 23.4 Å². The van der Waals surface area contributed by atoms with E-state index in [0.29, 0.717) is 5.54 Å². The molecule has 0 aromatic carbocycles. The van der Waals surface area contributed by atoms with E-state index in [9.17, 15) is 0 Å². The number of piperazine rings is 1. The smallest absolute Gasteiger partial charge is 0.0309 e. The van der Waals surface area contributed by atoms with Gasteiger partial charge >= 0.3 is 0 Å². The second-order valence-electron chi connectivity index (χ2n) is 6.13. The third-order valence-electron chi connectivity index (χ3n) is 4.75. The zero-order chi connectivity index (χ0) is 12.8. The van der Waals surface area contributed by atoms with Crippen LogP contribution in [-0.4, -0.2) is 48.1 Å². The monoisotopic (exact) mass is 270 g/mol. The van der Waals surface area contributed by atoms with E-state index in [-0.39, 0.29) is 0 Å². The summed E-state index contributed by atoms with van der Waals surface area (Å²) >= 11 is 1.99. The quantitative estimate of drug-likeness (QED) is 0.826. The van der Waals surface area contributed by atoms with Crippen molar-refractivity contribution in [2.24, 2.45) is 0 Å². The maximum Gasteiger partial charge on any atom is 0.0309 e. The van der Waals surface area contributed by atoms with Crippen molar-refractivity contribution in [1.82, 2.24) is 10.2 Å². The molecule has 1 aliphatic heterocycles. The molecule has 1 saturated heterocycles. The van der Waals surface area contributed by atoms with Crippen molar-refractivity contribution < 1.29 is 0 Å². The molecule has 1 unspecified atom stereocenters. The van der Waals surface area contributed by atoms with Gasteiger partial charge in [-0.05, 0) is 25.5 Å². The highest BCUT2D eigenvalue weighted by molar-refractivity contribution is 7.98. The molecule has 0 aromatic rings. The average molecular weight is 270 g/mol. The Balaban J connectivity index is 1.94. The molecule has 1 heterocycles. The largest absolute Gasteiger partial charge is 0.308 e. The minimum absolute atomic E-state index is 0.473. The maximum absolute atomic E-state index is 3.93. The summed E-state index contributed by atoms with van der Waals surface area (Å²) in [4.78, 5) is 2.79. The summed E-state index contributed by atoms with van der Waals surface area (Å²) in [6, 6.07) is 0.787. The lowest BCUT2D eigenvalue weighted by Gasteiger charge is -2.50. The zero-order valence-electron chi connectivity index (χ0n) is 12.2. The SMILES string of the molecule is CCCC1CNC2(CCCCC2)CN1CCSC. The maximum atomic E-state index is 3.93. The van der Waals surface area contributed by atoms with Gasteiger partial charge in [-0.25, -0.2) is 0 Å². The van der Waals surface area contributed by atoms with Crippen LogP contribution in [0.2, 0.25) is 0 Å². The second kappa shape index (κ2) is 7.16. The van der Waals surface area contributed by atoms with E-state index in [1.165, 1.54) is 70.3 Å². The van der Waals surface area contributed by atoms with Gasteiger partial charge in [0.25, 0.3) is 0 Å². The fourth-order valence-electron chi connectivity index (χ4n) is 3.69. The predicted octanol–water partition coefficient (Wildman–Crippen LogP) is 3.13. The van der Waals surface area contributed by atoms with Crippen molar-refractivity contribution in [1.29, 1.82) is 0 Å². The van der Waals surface area contributed by atoms with Crippen molar-refractivity contribution in [3.63, 3.8) is 0 Å². The van der Waals surface area contributed by atoms with Gasteiger partial charge in [0.05, 0.1) is 0 Å². The summed E-state index contributed by atoms with van der Waals surface area (Å²) in [6.07, 6.45) is 12.0. The minimum atomic E-state index is 0.473. The van der Waals surface area contributed by atoms with Crippen LogP contribution in [0.5, 0.6) is 0 Å². The molecule has 106 valence electrons. The Kier molecular flexibility index (Phi) is 5.84.